The van der Waals surface area contributed by atoms with Crippen molar-refractivity contribution in [2.45, 2.75) is 6.54 Å². The number of esters is 1. The van der Waals surface area contributed by atoms with Crippen LogP contribution in [0.15, 0.2) is 24.3 Å². The van der Waals surface area contributed by atoms with Crippen LogP contribution in [0.3, 0.4) is 0 Å². The number of methoxy groups -OCH3 is 1. The van der Waals surface area contributed by atoms with Gasteiger partial charge in [-0.25, -0.2) is 0 Å². The van der Waals surface area contributed by atoms with Crippen LogP contribution in [0.25, 0.3) is 11.0 Å². The van der Waals surface area contributed by atoms with Crippen LogP contribution >= 0.6 is 0 Å². The molecule has 126 valence electrons. The summed E-state index contributed by atoms with van der Waals surface area (Å²) in [7, 11) is 1.27. The number of ether oxygens (including phenoxy) is 1. The topological polar surface area (TPSA) is 97.6 Å². The zero-order chi connectivity index (χ0) is 17.1. The first-order valence-corrected chi connectivity index (χ1v) is 7.49. The van der Waals surface area contributed by atoms with E-state index in [4.69, 9.17) is 0 Å². The van der Waals surface area contributed by atoms with Crippen molar-refractivity contribution in [2.24, 2.45) is 0 Å². The highest BCUT2D eigenvalue weighted by molar-refractivity contribution is 5.88. The van der Waals surface area contributed by atoms with Crippen LogP contribution < -0.4 is 0 Å². The van der Waals surface area contributed by atoms with Crippen LogP contribution in [0.2, 0.25) is 0 Å². The number of nitrogens with zero attached hydrogens (tertiary/aromatic N) is 5. The third kappa shape index (κ3) is 3.34. The van der Waals surface area contributed by atoms with Crippen molar-refractivity contribution in [1.82, 2.24) is 24.8 Å². The lowest BCUT2D eigenvalue weighted by Crippen LogP contribution is -2.54. The van der Waals surface area contributed by atoms with E-state index in [0.29, 0.717) is 24.1 Å². The van der Waals surface area contributed by atoms with Crippen LogP contribution in [-0.2, 0) is 25.7 Å². The summed E-state index contributed by atoms with van der Waals surface area (Å²) in [5.74, 6) is -0.990. The third-order valence-corrected chi connectivity index (χ3v) is 3.82. The van der Waals surface area contributed by atoms with E-state index >= 15 is 0 Å². The molecule has 24 heavy (non-hydrogen) atoms. The molecular formula is C15H17N5O4. The Kier molecular flexibility index (Phi) is 4.41. The van der Waals surface area contributed by atoms with E-state index in [-0.39, 0.29) is 31.4 Å². The number of carbonyl (C=O) groups excluding carboxylic acids is 3. The zero-order valence-corrected chi connectivity index (χ0v) is 13.2. The molecule has 0 bridgehead atoms. The van der Waals surface area contributed by atoms with Gasteiger partial charge in [0.15, 0.2) is 0 Å². The number of aromatic nitrogens is 3. The normalized spacial score (nSPS) is 15.0. The largest absolute Gasteiger partial charge is 0.468 e. The molecule has 1 fully saturated rings. The van der Waals surface area contributed by atoms with Crippen molar-refractivity contribution < 1.29 is 19.1 Å². The number of benzene rings is 1. The highest BCUT2D eigenvalue weighted by atomic mass is 16.5. The van der Waals surface area contributed by atoms with E-state index in [1.807, 2.05) is 24.3 Å². The standard InChI is InChI=1S/C15H17N5O4/c1-24-15(23)10-19-7-6-18(8-13(19)21)14(22)9-20-16-11-4-2-3-5-12(11)17-20/h2-5H,6-10H2,1H3. The van der Waals surface area contributed by atoms with Crippen molar-refractivity contribution in [1.29, 1.82) is 0 Å². The molecule has 9 heteroatoms. The minimum absolute atomic E-state index is 0.0288. The van der Waals surface area contributed by atoms with Crippen LogP contribution in [0.4, 0.5) is 0 Å². The molecule has 1 saturated heterocycles. The van der Waals surface area contributed by atoms with Gasteiger partial charge in [-0.3, -0.25) is 14.4 Å². The van der Waals surface area contributed by atoms with Crippen molar-refractivity contribution in [3.63, 3.8) is 0 Å². The highest BCUT2D eigenvalue weighted by Crippen LogP contribution is 2.08. The minimum atomic E-state index is -0.476. The lowest BCUT2D eigenvalue weighted by atomic mass is 10.3. The third-order valence-electron chi connectivity index (χ3n) is 3.82. The van der Waals surface area contributed by atoms with E-state index in [0.717, 1.165) is 0 Å². The van der Waals surface area contributed by atoms with Gasteiger partial charge in [-0.1, -0.05) is 12.1 Å². The van der Waals surface area contributed by atoms with Crippen LogP contribution in [0.5, 0.6) is 0 Å². The molecule has 2 amide bonds. The lowest BCUT2D eigenvalue weighted by molar-refractivity contribution is -0.152. The Hall–Kier alpha value is -2.97. The predicted molar refractivity (Wildman–Crippen MR) is 82.7 cm³/mol. The van der Waals surface area contributed by atoms with E-state index in [1.165, 1.54) is 21.7 Å². The van der Waals surface area contributed by atoms with Crippen molar-refractivity contribution in [3.8, 4) is 0 Å². The van der Waals surface area contributed by atoms with E-state index < -0.39 is 5.97 Å². The van der Waals surface area contributed by atoms with Crippen molar-refractivity contribution >= 4 is 28.8 Å². The maximum Gasteiger partial charge on any atom is 0.325 e. The van der Waals surface area contributed by atoms with Crippen molar-refractivity contribution in [2.75, 3.05) is 33.3 Å². The number of hydrogen-bond acceptors (Lipinski definition) is 6. The van der Waals surface area contributed by atoms with Gasteiger partial charge in [-0.2, -0.15) is 15.0 Å². The van der Waals surface area contributed by atoms with E-state index in [2.05, 4.69) is 14.9 Å². The summed E-state index contributed by atoms with van der Waals surface area (Å²) in [5.41, 5.74) is 1.42. The van der Waals surface area contributed by atoms with Gasteiger partial charge in [0.1, 0.15) is 24.1 Å². The van der Waals surface area contributed by atoms with Crippen LogP contribution in [0, 0.1) is 0 Å². The first-order chi connectivity index (χ1) is 11.6. The van der Waals surface area contributed by atoms with Gasteiger partial charge < -0.3 is 14.5 Å². The molecule has 1 aliphatic heterocycles. The molecule has 0 saturated carbocycles. The Bertz CT molecular complexity index is 754. The molecule has 0 spiro atoms. The average molecular weight is 331 g/mol. The zero-order valence-electron chi connectivity index (χ0n) is 13.2. The van der Waals surface area contributed by atoms with Gasteiger partial charge >= 0.3 is 5.97 Å². The monoisotopic (exact) mass is 331 g/mol. The van der Waals surface area contributed by atoms with Crippen molar-refractivity contribution in [3.05, 3.63) is 24.3 Å². The molecule has 2 aromatic rings. The molecule has 1 aromatic heterocycles. The Balaban J connectivity index is 1.60. The minimum Gasteiger partial charge on any atom is -0.468 e. The number of fused-ring (bicyclic) bond motifs is 1. The fraction of sp³-hybridized carbons (Fsp3) is 0.400. The lowest BCUT2D eigenvalue weighted by Gasteiger charge is -2.33. The SMILES string of the molecule is COC(=O)CN1CCN(C(=O)Cn2nc3ccccc3n2)CC1=O. The summed E-state index contributed by atoms with van der Waals surface area (Å²) in [5, 5.41) is 8.47. The summed E-state index contributed by atoms with van der Waals surface area (Å²) in [4.78, 5) is 39.8. The van der Waals surface area contributed by atoms with Gasteiger partial charge in [0, 0.05) is 13.1 Å². The Morgan fingerprint density at radius 1 is 1.12 bits per heavy atom. The fourth-order valence-electron chi connectivity index (χ4n) is 2.51. The second-order valence-corrected chi connectivity index (χ2v) is 5.43. The van der Waals surface area contributed by atoms with Gasteiger partial charge in [-0.05, 0) is 12.1 Å². The number of carbonyl (C=O) groups is 3. The number of hydrogen-bond donors (Lipinski definition) is 0. The quantitative estimate of drug-likeness (QED) is 0.686. The van der Waals surface area contributed by atoms with E-state index in [1.54, 1.807) is 0 Å². The van der Waals surface area contributed by atoms with Crippen LogP contribution in [-0.4, -0.2) is 75.9 Å². The molecule has 0 N–H and O–H groups in total. The molecular weight excluding hydrogens is 314 g/mol. The van der Waals surface area contributed by atoms with Crippen LogP contribution in [0.1, 0.15) is 0 Å². The molecule has 3 rings (SSSR count). The summed E-state index contributed by atoms with van der Waals surface area (Å²) >= 11 is 0. The fourth-order valence-corrected chi connectivity index (χ4v) is 2.51. The van der Waals surface area contributed by atoms with Gasteiger partial charge in [-0.15, -0.1) is 0 Å². The summed E-state index contributed by atoms with van der Waals surface area (Å²) in [6.07, 6.45) is 0. The Morgan fingerprint density at radius 3 is 2.38 bits per heavy atom. The predicted octanol–water partition coefficient (Wildman–Crippen LogP) is -0.725. The van der Waals surface area contributed by atoms with Gasteiger partial charge in [0.25, 0.3) is 0 Å². The first-order valence-electron chi connectivity index (χ1n) is 7.49. The molecule has 0 radical (unpaired) electrons. The number of piperazine rings is 1. The number of rotatable bonds is 4. The second-order valence-electron chi connectivity index (χ2n) is 5.43. The maximum absolute atomic E-state index is 12.3. The van der Waals surface area contributed by atoms with Gasteiger partial charge in [0.2, 0.25) is 11.8 Å². The van der Waals surface area contributed by atoms with Gasteiger partial charge in [0.05, 0.1) is 13.7 Å². The summed E-state index contributed by atoms with van der Waals surface area (Å²) in [6.45, 7) is 0.482. The maximum atomic E-state index is 12.3. The molecule has 0 unspecified atom stereocenters. The molecule has 1 aliphatic rings. The molecule has 2 heterocycles. The average Bonchev–Trinajstić information content (AvgIpc) is 2.98. The summed E-state index contributed by atoms with van der Waals surface area (Å²) < 4.78 is 4.55. The second kappa shape index (κ2) is 6.65. The molecule has 0 aliphatic carbocycles. The highest BCUT2D eigenvalue weighted by Gasteiger charge is 2.28. The summed E-state index contributed by atoms with van der Waals surface area (Å²) in [6, 6.07) is 7.33. The Labute approximate surface area is 137 Å². The molecule has 9 nitrogen and oxygen atoms in total. The molecule has 1 aromatic carbocycles. The smallest absolute Gasteiger partial charge is 0.325 e. The molecule has 0 atom stereocenters. The van der Waals surface area contributed by atoms with E-state index in [9.17, 15) is 14.4 Å². The Morgan fingerprint density at radius 2 is 1.79 bits per heavy atom. The first kappa shape index (κ1) is 15.9. The number of amides is 2.